The highest BCUT2D eigenvalue weighted by molar-refractivity contribution is 5.92. The van der Waals surface area contributed by atoms with Gasteiger partial charge in [-0.15, -0.1) is 0 Å². The summed E-state index contributed by atoms with van der Waals surface area (Å²) in [6.45, 7) is 0.601. The summed E-state index contributed by atoms with van der Waals surface area (Å²) in [6, 6.07) is 16.5. The Hall–Kier alpha value is -3.81. The molecule has 0 bridgehead atoms. The van der Waals surface area contributed by atoms with Gasteiger partial charge in [-0.1, -0.05) is 12.1 Å². The Kier molecular flexibility index (Phi) is 4.67. The first-order valence-electron chi connectivity index (χ1n) is 8.61. The van der Waals surface area contributed by atoms with E-state index in [9.17, 15) is 14.9 Å². The van der Waals surface area contributed by atoms with E-state index in [4.69, 9.17) is 13.9 Å². The van der Waals surface area contributed by atoms with Gasteiger partial charge in [-0.2, -0.15) is 0 Å². The maximum absolute atomic E-state index is 12.3. The molecule has 1 N–H and O–H groups in total. The van der Waals surface area contributed by atoms with Gasteiger partial charge in [0, 0.05) is 17.7 Å². The van der Waals surface area contributed by atoms with E-state index < -0.39 is 4.92 Å². The number of hydrogen-bond acceptors (Lipinski definition) is 6. The van der Waals surface area contributed by atoms with Crippen LogP contribution in [-0.4, -0.2) is 30.1 Å². The number of benzene rings is 2. The second-order valence-corrected chi connectivity index (χ2v) is 6.18. The van der Waals surface area contributed by atoms with E-state index in [0.717, 1.165) is 0 Å². The quantitative estimate of drug-likeness (QED) is 0.537. The van der Waals surface area contributed by atoms with E-state index in [-0.39, 0.29) is 30.0 Å². The summed E-state index contributed by atoms with van der Waals surface area (Å²) in [5.74, 6) is 1.54. The van der Waals surface area contributed by atoms with Crippen LogP contribution < -0.4 is 14.8 Å². The number of nitrogens with one attached hydrogen (secondary N) is 1. The number of ether oxygens (including phenoxy) is 2. The number of non-ortho nitro benzene ring substituents is 1. The van der Waals surface area contributed by atoms with Crippen LogP contribution in [0.4, 0.5) is 5.69 Å². The summed E-state index contributed by atoms with van der Waals surface area (Å²) < 4.78 is 17.0. The fourth-order valence-corrected chi connectivity index (χ4v) is 2.82. The van der Waals surface area contributed by atoms with Gasteiger partial charge in [0.15, 0.2) is 17.3 Å². The van der Waals surface area contributed by atoms with Gasteiger partial charge in [0.05, 0.1) is 11.5 Å². The Bertz CT molecular complexity index is 1010. The highest BCUT2D eigenvalue weighted by Gasteiger charge is 2.22. The van der Waals surface area contributed by atoms with Gasteiger partial charge in [0.25, 0.3) is 11.6 Å². The largest absolute Gasteiger partial charge is 0.486 e. The number of furan rings is 1. The van der Waals surface area contributed by atoms with Gasteiger partial charge < -0.3 is 19.2 Å². The molecule has 1 aliphatic rings. The first-order chi connectivity index (χ1) is 13.6. The number of nitrogens with zero attached hydrogens (tertiary/aromatic N) is 1. The Morgan fingerprint density at radius 2 is 1.82 bits per heavy atom. The first kappa shape index (κ1) is 17.6. The van der Waals surface area contributed by atoms with Crippen molar-refractivity contribution in [3.63, 3.8) is 0 Å². The van der Waals surface area contributed by atoms with Crippen LogP contribution in [0.2, 0.25) is 0 Å². The lowest BCUT2D eigenvalue weighted by Crippen LogP contribution is -2.40. The number of nitro benzene ring substituents is 1. The van der Waals surface area contributed by atoms with Crippen LogP contribution in [0.25, 0.3) is 11.3 Å². The standard InChI is InChI=1S/C20H16N2O6/c23-20(21-11-15-12-26-17-3-1-2-4-18(17)27-15)19-10-9-16(28-19)13-5-7-14(8-6-13)22(24)25/h1-10,15H,11-12H2,(H,21,23)/t15-/m1/s1. The fraction of sp³-hybridized carbons (Fsp3) is 0.150. The summed E-state index contributed by atoms with van der Waals surface area (Å²) in [4.78, 5) is 22.6. The van der Waals surface area contributed by atoms with Crippen molar-refractivity contribution in [3.8, 4) is 22.8 Å². The molecule has 0 fully saturated rings. The minimum atomic E-state index is -0.472. The molecule has 0 unspecified atom stereocenters. The summed E-state index contributed by atoms with van der Waals surface area (Å²) in [7, 11) is 0. The normalized spacial score (nSPS) is 15.1. The number of fused-ring (bicyclic) bond motifs is 1. The highest BCUT2D eigenvalue weighted by Crippen LogP contribution is 2.30. The molecule has 1 aromatic heterocycles. The second-order valence-electron chi connectivity index (χ2n) is 6.18. The van der Waals surface area contributed by atoms with E-state index in [1.807, 2.05) is 24.3 Å². The van der Waals surface area contributed by atoms with Crippen molar-refractivity contribution in [2.45, 2.75) is 6.10 Å². The van der Waals surface area contributed by atoms with Crippen molar-refractivity contribution in [2.24, 2.45) is 0 Å². The molecule has 1 amide bonds. The number of nitro groups is 1. The molecule has 2 heterocycles. The minimum Gasteiger partial charge on any atom is -0.486 e. The molecular weight excluding hydrogens is 364 g/mol. The lowest BCUT2D eigenvalue weighted by Gasteiger charge is -2.26. The number of amides is 1. The number of para-hydroxylation sites is 2. The Morgan fingerprint density at radius 1 is 1.07 bits per heavy atom. The molecule has 8 nitrogen and oxygen atoms in total. The van der Waals surface area contributed by atoms with Gasteiger partial charge in [0.1, 0.15) is 18.5 Å². The molecule has 0 saturated heterocycles. The monoisotopic (exact) mass is 380 g/mol. The molecule has 8 heteroatoms. The number of rotatable bonds is 5. The average molecular weight is 380 g/mol. The molecule has 0 spiro atoms. The zero-order chi connectivity index (χ0) is 19.5. The average Bonchev–Trinajstić information content (AvgIpc) is 3.22. The van der Waals surface area contributed by atoms with Gasteiger partial charge in [-0.25, -0.2) is 0 Å². The third-order valence-corrected chi connectivity index (χ3v) is 4.25. The van der Waals surface area contributed by atoms with Gasteiger partial charge in [0.2, 0.25) is 0 Å². The smallest absolute Gasteiger partial charge is 0.287 e. The Balaban J connectivity index is 1.36. The number of carbonyl (C=O) groups is 1. The minimum absolute atomic E-state index is 0.00968. The number of hydrogen-bond donors (Lipinski definition) is 1. The van der Waals surface area contributed by atoms with Gasteiger partial charge in [-0.3, -0.25) is 14.9 Å². The van der Waals surface area contributed by atoms with Crippen molar-refractivity contribution < 1.29 is 23.6 Å². The van der Waals surface area contributed by atoms with E-state index in [0.29, 0.717) is 29.4 Å². The van der Waals surface area contributed by atoms with E-state index >= 15 is 0 Å². The fourth-order valence-electron chi connectivity index (χ4n) is 2.82. The molecule has 4 rings (SSSR count). The molecular formula is C20H16N2O6. The zero-order valence-corrected chi connectivity index (χ0v) is 14.7. The van der Waals surface area contributed by atoms with Crippen LogP contribution in [0.5, 0.6) is 11.5 Å². The molecule has 0 saturated carbocycles. The van der Waals surface area contributed by atoms with E-state index in [1.54, 1.807) is 24.3 Å². The predicted molar refractivity (Wildman–Crippen MR) is 99.5 cm³/mol. The van der Waals surface area contributed by atoms with E-state index in [1.165, 1.54) is 12.1 Å². The van der Waals surface area contributed by atoms with Gasteiger partial charge >= 0.3 is 0 Å². The highest BCUT2D eigenvalue weighted by atomic mass is 16.6. The summed E-state index contributed by atoms with van der Waals surface area (Å²) in [6.07, 6.45) is -0.303. The SMILES string of the molecule is O=C(NC[C@@H]1COc2ccccc2O1)c1ccc(-c2ccc([N+](=O)[O-])cc2)o1. The van der Waals surface area contributed by atoms with Gasteiger partial charge in [-0.05, 0) is 36.4 Å². The lowest BCUT2D eigenvalue weighted by molar-refractivity contribution is -0.384. The van der Waals surface area contributed by atoms with Crippen molar-refractivity contribution in [1.82, 2.24) is 5.32 Å². The molecule has 1 aliphatic heterocycles. The number of carbonyl (C=O) groups excluding carboxylic acids is 1. The maximum atomic E-state index is 12.3. The molecule has 0 aliphatic carbocycles. The molecule has 28 heavy (non-hydrogen) atoms. The molecule has 3 aromatic rings. The maximum Gasteiger partial charge on any atom is 0.287 e. The lowest BCUT2D eigenvalue weighted by atomic mass is 10.1. The zero-order valence-electron chi connectivity index (χ0n) is 14.7. The van der Waals surface area contributed by atoms with Crippen LogP contribution in [0.3, 0.4) is 0 Å². The summed E-state index contributed by atoms with van der Waals surface area (Å²) in [5, 5.41) is 13.5. The third kappa shape index (κ3) is 3.66. The van der Waals surface area contributed by atoms with Crippen molar-refractivity contribution in [3.05, 3.63) is 76.5 Å². The van der Waals surface area contributed by atoms with Crippen LogP contribution in [0.15, 0.2) is 65.1 Å². The summed E-state index contributed by atoms with van der Waals surface area (Å²) in [5.41, 5.74) is 0.634. The van der Waals surface area contributed by atoms with Crippen LogP contribution >= 0.6 is 0 Å². The van der Waals surface area contributed by atoms with Crippen molar-refractivity contribution >= 4 is 11.6 Å². The Morgan fingerprint density at radius 3 is 2.57 bits per heavy atom. The molecule has 142 valence electrons. The van der Waals surface area contributed by atoms with E-state index in [2.05, 4.69) is 5.32 Å². The molecule has 1 atom stereocenters. The molecule has 2 aromatic carbocycles. The predicted octanol–water partition coefficient (Wildman–Crippen LogP) is 3.42. The topological polar surface area (TPSA) is 104 Å². The van der Waals surface area contributed by atoms with Crippen LogP contribution in [-0.2, 0) is 0 Å². The van der Waals surface area contributed by atoms with Crippen LogP contribution in [0.1, 0.15) is 10.6 Å². The van der Waals surface area contributed by atoms with Crippen molar-refractivity contribution in [2.75, 3.05) is 13.2 Å². The first-order valence-corrected chi connectivity index (χ1v) is 8.61. The molecule has 0 radical (unpaired) electrons. The third-order valence-electron chi connectivity index (χ3n) is 4.25. The second kappa shape index (κ2) is 7.43. The summed E-state index contributed by atoms with van der Waals surface area (Å²) >= 11 is 0. The van der Waals surface area contributed by atoms with Crippen LogP contribution in [0, 0.1) is 10.1 Å². The Labute approximate surface area is 159 Å². The van der Waals surface area contributed by atoms with Crippen molar-refractivity contribution in [1.29, 1.82) is 0 Å².